The Balaban J connectivity index is 1.81. The number of nitro benzene ring substituents is 1. The topological polar surface area (TPSA) is 112 Å². The summed E-state index contributed by atoms with van der Waals surface area (Å²) < 4.78 is 6.87. The van der Waals surface area contributed by atoms with Crippen LogP contribution in [0.5, 0.6) is 5.75 Å². The average molecular weight is 431 g/mol. The van der Waals surface area contributed by atoms with Crippen LogP contribution in [0.3, 0.4) is 0 Å². The maximum Gasteiger partial charge on any atom is 0.296 e. The zero-order chi connectivity index (χ0) is 22.8. The summed E-state index contributed by atoms with van der Waals surface area (Å²) >= 11 is 0. The fourth-order valence-corrected chi connectivity index (χ4v) is 3.52. The molecule has 0 bridgehead atoms. The summed E-state index contributed by atoms with van der Waals surface area (Å²) in [4.78, 5) is 28.9. The number of ether oxygens (including phenoxy) is 1. The molecule has 0 atom stereocenters. The minimum atomic E-state index is -0.559. The van der Waals surface area contributed by atoms with Gasteiger partial charge in [0, 0.05) is 23.7 Å². The molecule has 0 unspecified atom stereocenters. The van der Waals surface area contributed by atoms with Gasteiger partial charge in [0.25, 0.3) is 11.6 Å². The molecular weight excluding hydrogens is 410 g/mol. The lowest BCUT2D eigenvalue weighted by Gasteiger charge is -2.11. The smallest absolute Gasteiger partial charge is 0.296 e. The van der Waals surface area contributed by atoms with Crippen molar-refractivity contribution in [1.29, 1.82) is 0 Å². The number of hydrogen-bond acceptors (Lipinski definition) is 6. The Labute approximate surface area is 183 Å². The normalized spacial score (nSPS) is 10.8. The van der Waals surface area contributed by atoms with Crippen molar-refractivity contribution >= 4 is 28.2 Å². The van der Waals surface area contributed by atoms with Gasteiger partial charge in [-0.25, -0.2) is 4.98 Å². The van der Waals surface area contributed by atoms with E-state index in [1.54, 1.807) is 18.2 Å². The first kappa shape index (κ1) is 21.0. The summed E-state index contributed by atoms with van der Waals surface area (Å²) in [5, 5.41) is 19.3. The monoisotopic (exact) mass is 431 g/mol. The molecule has 0 aliphatic rings. The van der Waals surface area contributed by atoms with E-state index in [1.807, 2.05) is 42.9 Å². The molecule has 1 N–H and O–H groups in total. The van der Waals surface area contributed by atoms with E-state index < -0.39 is 10.8 Å². The first-order chi connectivity index (χ1) is 15.4. The molecule has 0 spiro atoms. The Morgan fingerprint density at radius 3 is 2.69 bits per heavy atom. The molecule has 9 heteroatoms. The van der Waals surface area contributed by atoms with Gasteiger partial charge in [0.2, 0.25) is 0 Å². The van der Waals surface area contributed by atoms with Crippen molar-refractivity contribution in [3.63, 3.8) is 0 Å². The molecule has 0 fully saturated rings. The number of nitrogens with zero attached hydrogens (tertiary/aromatic N) is 4. The summed E-state index contributed by atoms with van der Waals surface area (Å²) in [6.07, 6.45) is 1.89. The van der Waals surface area contributed by atoms with E-state index in [2.05, 4.69) is 10.4 Å². The third-order valence-corrected chi connectivity index (χ3v) is 5.16. The highest BCUT2D eigenvalue weighted by Crippen LogP contribution is 2.31. The number of pyridine rings is 1. The third-order valence-electron chi connectivity index (χ3n) is 5.16. The van der Waals surface area contributed by atoms with E-state index in [0.29, 0.717) is 34.5 Å². The Morgan fingerprint density at radius 1 is 1.22 bits per heavy atom. The standard InChI is InChI=1S/C23H21N5O4/c1-4-27-13-18(14(2)26-27)21-12-17(16-7-5-6-8-19(16)24-21)23(29)25-20-10-9-15(32-3)11-22(20)28(30)31/h5-13H,4H2,1-3H3,(H,25,29). The molecule has 4 aromatic rings. The van der Waals surface area contributed by atoms with Gasteiger partial charge in [-0.2, -0.15) is 5.10 Å². The molecule has 0 aliphatic carbocycles. The number of benzene rings is 2. The highest BCUT2D eigenvalue weighted by Gasteiger charge is 2.21. The van der Waals surface area contributed by atoms with E-state index in [-0.39, 0.29) is 11.4 Å². The first-order valence-electron chi connectivity index (χ1n) is 9.99. The molecule has 0 saturated heterocycles. The summed E-state index contributed by atoms with van der Waals surface area (Å²) in [6, 6.07) is 13.3. The summed E-state index contributed by atoms with van der Waals surface area (Å²) in [5.41, 5.74) is 3.06. The number of nitrogens with one attached hydrogen (secondary N) is 1. The highest BCUT2D eigenvalue weighted by atomic mass is 16.6. The number of fused-ring (bicyclic) bond motifs is 1. The molecule has 162 valence electrons. The summed E-state index contributed by atoms with van der Waals surface area (Å²) in [6.45, 7) is 4.59. The lowest BCUT2D eigenvalue weighted by Crippen LogP contribution is -2.14. The lowest BCUT2D eigenvalue weighted by atomic mass is 10.0. The van der Waals surface area contributed by atoms with Gasteiger partial charge in [0.05, 0.1) is 40.6 Å². The van der Waals surface area contributed by atoms with Crippen LogP contribution in [-0.4, -0.2) is 32.7 Å². The van der Waals surface area contributed by atoms with Crippen LogP contribution in [0.15, 0.2) is 54.7 Å². The van der Waals surface area contributed by atoms with Crippen molar-refractivity contribution in [2.45, 2.75) is 20.4 Å². The van der Waals surface area contributed by atoms with Crippen molar-refractivity contribution in [1.82, 2.24) is 14.8 Å². The van der Waals surface area contributed by atoms with E-state index in [1.165, 1.54) is 19.2 Å². The number of nitro groups is 1. The molecule has 2 heterocycles. The van der Waals surface area contributed by atoms with E-state index in [9.17, 15) is 14.9 Å². The average Bonchev–Trinajstić information content (AvgIpc) is 3.19. The van der Waals surface area contributed by atoms with Gasteiger partial charge in [0.1, 0.15) is 11.4 Å². The molecule has 0 aliphatic heterocycles. The van der Waals surface area contributed by atoms with Crippen LogP contribution >= 0.6 is 0 Å². The van der Waals surface area contributed by atoms with Gasteiger partial charge in [-0.1, -0.05) is 18.2 Å². The SMILES string of the molecule is CCn1cc(-c2cc(C(=O)Nc3ccc(OC)cc3[N+](=O)[O-])c3ccccc3n2)c(C)n1. The van der Waals surface area contributed by atoms with Crippen LogP contribution in [-0.2, 0) is 6.54 Å². The van der Waals surface area contributed by atoms with Gasteiger partial charge in [-0.05, 0) is 38.1 Å². The van der Waals surface area contributed by atoms with Crippen LogP contribution in [0.2, 0.25) is 0 Å². The quantitative estimate of drug-likeness (QED) is 0.353. The zero-order valence-electron chi connectivity index (χ0n) is 17.8. The Hall–Kier alpha value is -4.27. The van der Waals surface area contributed by atoms with E-state index in [0.717, 1.165) is 11.3 Å². The van der Waals surface area contributed by atoms with Crippen molar-refractivity contribution in [3.05, 3.63) is 76.1 Å². The molecule has 1 amide bonds. The highest BCUT2D eigenvalue weighted by molar-refractivity contribution is 6.13. The number of hydrogen-bond donors (Lipinski definition) is 1. The number of anilines is 1. The minimum Gasteiger partial charge on any atom is -0.496 e. The minimum absolute atomic E-state index is 0.0817. The van der Waals surface area contributed by atoms with E-state index in [4.69, 9.17) is 9.72 Å². The lowest BCUT2D eigenvalue weighted by molar-refractivity contribution is -0.384. The van der Waals surface area contributed by atoms with Crippen molar-refractivity contribution in [2.75, 3.05) is 12.4 Å². The maximum absolute atomic E-state index is 13.3. The summed E-state index contributed by atoms with van der Waals surface area (Å²) in [5.74, 6) is -0.145. The van der Waals surface area contributed by atoms with Crippen LogP contribution in [0, 0.1) is 17.0 Å². The Morgan fingerprint density at radius 2 is 2.00 bits per heavy atom. The van der Waals surface area contributed by atoms with Crippen LogP contribution in [0.1, 0.15) is 23.0 Å². The molecule has 4 rings (SSSR count). The molecule has 32 heavy (non-hydrogen) atoms. The van der Waals surface area contributed by atoms with Gasteiger partial charge in [-0.3, -0.25) is 19.6 Å². The number of carbonyl (C=O) groups excluding carboxylic acids is 1. The number of carbonyl (C=O) groups is 1. The maximum atomic E-state index is 13.3. The Kier molecular flexibility index (Phi) is 5.55. The van der Waals surface area contributed by atoms with Crippen molar-refractivity contribution in [3.8, 4) is 17.0 Å². The second kappa shape index (κ2) is 8.46. The predicted molar refractivity (Wildman–Crippen MR) is 121 cm³/mol. The third kappa shape index (κ3) is 3.87. The number of rotatable bonds is 6. The van der Waals surface area contributed by atoms with Crippen molar-refractivity contribution in [2.24, 2.45) is 0 Å². The number of aromatic nitrogens is 3. The molecule has 9 nitrogen and oxygen atoms in total. The van der Waals surface area contributed by atoms with Gasteiger partial charge in [0.15, 0.2) is 0 Å². The fraction of sp³-hybridized carbons (Fsp3) is 0.174. The zero-order valence-corrected chi connectivity index (χ0v) is 17.8. The van der Waals surface area contributed by atoms with Gasteiger partial charge < -0.3 is 10.1 Å². The molecular formula is C23H21N5O4. The second-order valence-electron chi connectivity index (χ2n) is 7.15. The Bertz CT molecular complexity index is 1350. The number of amides is 1. The van der Waals surface area contributed by atoms with Crippen LogP contribution in [0.4, 0.5) is 11.4 Å². The second-order valence-corrected chi connectivity index (χ2v) is 7.15. The van der Waals surface area contributed by atoms with Crippen LogP contribution < -0.4 is 10.1 Å². The first-order valence-corrected chi connectivity index (χ1v) is 9.99. The van der Waals surface area contributed by atoms with Gasteiger partial charge >= 0.3 is 0 Å². The number of aryl methyl sites for hydroxylation is 2. The predicted octanol–water partition coefficient (Wildman–Crippen LogP) is 4.60. The van der Waals surface area contributed by atoms with Crippen molar-refractivity contribution < 1.29 is 14.5 Å². The van der Waals surface area contributed by atoms with E-state index >= 15 is 0 Å². The van der Waals surface area contributed by atoms with Gasteiger partial charge in [-0.15, -0.1) is 0 Å². The largest absolute Gasteiger partial charge is 0.496 e. The molecule has 2 aromatic heterocycles. The molecule has 0 radical (unpaired) electrons. The van der Waals surface area contributed by atoms with Crippen LogP contribution in [0.25, 0.3) is 22.2 Å². The fourth-order valence-electron chi connectivity index (χ4n) is 3.52. The number of methoxy groups -OCH3 is 1. The molecule has 0 saturated carbocycles. The number of para-hydroxylation sites is 1. The summed E-state index contributed by atoms with van der Waals surface area (Å²) in [7, 11) is 1.42. The molecule has 2 aromatic carbocycles.